The molecule has 1 aliphatic rings. The highest BCUT2D eigenvalue weighted by Gasteiger charge is 2.01. The largest absolute Gasteiger partial charge is 0.120 e. The molecule has 0 spiro atoms. The Labute approximate surface area is 48.9 Å². The predicted octanol–water partition coefficient (Wildman–Crippen LogP) is 2.26. The normalized spacial score (nSPS) is 22.3. The number of hydrogen-bond donors (Lipinski definition) is 0. The van der Waals surface area contributed by atoms with E-state index in [9.17, 15) is 0 Å². The van der Waals surface area contributed by atoms with Crippen LogP contribution in [0.5, 0.6) is 0 Å². The highest BCUT2D eigenvalue weighted by Crippen LogP contribution is 2.34. The van der Waals surface area contributed by atoms with Crippen LogP contribution in [0.2, 0.25) is 0 Å². The summed E-state index contributed by atoms with van der Waals surface area (Å²) in [5.74, 6) is 0. The highest BCUT2D eigenvalue weighted by molar-refractivity contribution is 14.2. The van der Waals surface area contributed by atoms with Gasteiger partial charge in [-0.1, -0.05) is 6.58 Å². The monoisotopic (exact) mass is 195 g/mol. The Morgan fingerprint density at radius 3 is 2.67 bits per heavy atom. The van der Waals surface area contributed by atoms with E-state index in [2.05, 4.69) is 6.58 Å². The second-order valence-electron chi connectivity index (χ2n) is 1.44. The molecule has 0 nitrogen and oxygen atoms in total. The van der Waals surface area contributed by atoms with Crippen molar-refractivity contribution in [2.45, 2.75) is 12.8 Å². The van der Waals surface area contributed by atoms with E-state index in [1.165, 1.54) is 17.3 Å². The first-order valence-electron chi connectivity index (χ1n) is 2.16. The third-order valence-corrected chi connectivity index (χ3v) is 3.79. The quantitative estimate of drug-likeness (QED) is 0.410. The molecule has 35 valence electrons. The maximum Gasteiger partial charge on any atom is -0.00468 e. The van der Waals surface area contributed by atoms with Gasteiger partial charge in [-0.25, -0.2) is 0 Å². The number of halogens is 1. The van der Waals surface area contributed by atoms with E-state index in [0.717, 1.165) is 0 Å². The lowest BCUT2D eigenvalue weighted by molar-refractivity contribution is 0.999. The molecule has 1 heterocycles. The van der Waals surface area contributed by atoms with Gasteiger partial charge in [0.15, 0.2) is 0 Å². The Bertz CT molecular complexity index is 58.3. The number of rotatable bonds is 0. The minimum Gasteiger partial charge on any atom is -0.120 e. The molecule has 0 aromatic rings. The zero-order valence-corrected chi connectivity index (χ0v) is 5.86. The summed E-state index contributed by atoms with van der Waals surface area (Å²) in [4.78, 5) is 0. The van der Waals surface area contributed by atoms with Gasteiger partial charge in [-0.2, -0.15) is 0 Å². The number of alkyl halides is 1. The van der Waals surface area contributed by atoms with Crippen LogP contribution in [0.4, 0.5) is 0 Å². The third-order valence-electron chi connectivity index (χ3n) is 0.865. The van der Waals surface area contributed by atoms with Gasteiger partial charge in [-0.15, -0.1) is 21.2 Å². The summed E-state index contributed by atoms with van der Waals surface area (Å²) < 4.78 is 3.06. The van der Waals surface area contributed by atoms with Crippen LogP contribution in [-0.4, -0.2) is 4.43 Å². The third kappa shape index (κ3) is 0.965. The lowest BCUT2D eigenvalue weighted by Crippen LogP contribution is -1.57. The summed E-state index contributed by atoms with van der Waals surface area (Å²) >= 11 is 0.485. The molecule has 1 saturated heterocycles. The summed E-state index contributed by atoms with van der Waals surface area (Å²) in [6.07, 6.45) is 2.78. The molecule has 0 aromatic heterocycles. The molecule has 1 aliphatic heterocycles. The van der Waals surface area contributed by atoms with Crippen LogP contribution in [0.15, 0.2) is 10.2 Å². The van der Waals surface area contributed by atoms with Crippen molar-refractivity contribution in [2.24, 2.45) is 0 Å². The van der Waals surface area contributed by atoms with E-state index in [1.807, 2.05) is 0 Å². The first-order chi connectivity index (χ1) is 2.89. The fourth-order valence-electron chi connectivity index (χ4n) is 0.526. The Kier molecular flexibility index (Phi) is 1.51. The maximum absolute atomic E-state index is 3.90. The zero-order chi connectivity index (χ0) is 4.41. The summed E-state index contributed by atoms with van der Waals surface area (Å²) in [5, 5.41) is 0. The van der Waals surface area contributed by atoms with Crippen molar-refractivity contribution in [3.05, 3.63) is 10.2 Å². The van der Waals surface area contributed by atoms with Gasteiger partial charge in [0, 0.05) is 0 Å². The van der Waals surface area contributed by atoms with E-state index in [1.54, 1.807) is 3.58 Å². The summed E-state index contributed by atoms with van der Waals surface area (Å²) in [7, 11) is 0. The molecule has 0 bridgehead atoms. The second kappa shape index (κ2) is 1.96. The molecule has 0 aliphatic carbocycles. The summed E-state index contributed by atoms with van der Waals surface area (Å²) in [5.41, 5.74) is 0. The van der Waals surface area contributed by atoms with Gasteiger partial charge in [-0.3, -0.25) is 0 Å². The van der Waals surface area contributed by atoms with Gasteiger partial charge in [0.05, 0.1) is 0 Å². The molecule has 1 fully saturated rings. The first kappa shape index (κ1) is 4.62. The Morgan fingerprint density at radius 1 is 1.67 bits per heavy atom. The standard InChI is InChI=1S/C5H8I/c1-5-3-2-4-6-5/h1-4H2. The molecular weight excluding hydrogens is 187 g/mol. The fourth-order valence-corrected chi connectivity index (χ4v) is 2.81. The van der Waals surface area contributed by atoms with E-state index in [0.29, 0.717) is 21.2 Å². The van der Waals surface area contributed by atoms with Gasteiger partial charge in [0.1, 0.15) is 0 Å². The van der Waals surface area contributed by atoms with E-state index >= 15 is 0 Å². The molecule has 0 amide bonds. The molecule has 1 radical (unpaired) electrons. The van der Waals surface area contributed by atoms with Gasteiger partial charge in [-0.05, 0) is 20.8 Å². The van der Waals surface area contributed by atoms with Gasteiger partial charge >= 0.3 is 0 Å². The average Bonchev–Trinajstić information content (AvgIpc) is 1.86. The minimum absolute atomic E-state index is 0.485. The lowest BCUT2D eigenvalue weighted by Gasteiger charge is -1.79. The lowest BCUT2D eigenvalue weighted by atomic mass is 10.3. The van der Waals surface area contributed by atoms with Crippen LogP contribution in [-0.2, 0) is 0 Å². The Balaban J connectivity index is 2.37. The maximum atomic E-state index is 3.90. The summed E-state index contributed by atoms with van der Waals surface area (Å²) in [6, 6.07) is 0. The molecule has 1 heteroatoms. The average molecular weight is 195 g/mol. The molecule has 6 heavy (non-hydrogen) atoms. The molecule has 1 rings (SSSR count). The van der Waals surface area contributed by atoms with Crippen LogP contribution < -0.4 is 0 Å². The minimum atomic E-state index is 0.485. The van der Waals surface area contributed by atoms with Crippen LogP contribution in [0, 0.1) is 0 Å². The number of hydrogen-bond acceptors (Lipinski definition) is 0. The molecule has 0 unspecified atom stereocenters. The fraction of sp³-hybridized carbons (Fsp3) is 0.600. The molecule has 0 aromatic carbocycles. The zero-order valence-electron chi connectivity index (χ0n) is 3.71. The van der Waals surface area contributed by atoms with Crippen molar-refractivity contribution in [2.75, 3.05) is 4.43 Å². The van der Waals surface area contributed by atoms with E-state index in [4.69, 9.17) is 0 Å². The van der Waals surface area contributed by atoms with E-state index in [-0.39, 0.29) is 0 Å². The highest BCUT2D eigenvalue weighted by atomic mass is 127. The molecule has 0 N–H and O–H groups in total. The summed E-state index contributed by atoms with van der Waals surface area (Å²) in [6.45, 7) is 3.90. The van der Waals surface area contributed by atoms with Crippen molar-refractivity contribution >= 4 is 21.2 Å². The topological polar surface area (TPSA) is 0 Å². The van der Waals surface area contributed by atoms with Crippen molar-refractivity contribution in [3.63, 3.8) is 0 Å². The number of allylic oxidation sites excluding steroid dienone is 1. The van der Waals surface area contributed by atoms with Crippen molar-refractivity contribution < 1.29 is 0 Å². The second-order valence-corrected chi connectivity index (χ2v) is 4.81. The van der Waals surface area contributed by atoms with Crippen molar-refractivity contribution in [1.82, 2.24) is 0 Å². The van der Waals surface area contributed by atoms with Gasteiger partial charge < -0.3 is 0 Å². The van der Waals surface area contributed by atoms with Crippen LogP contribution in [0.25, 0.3) is 0 Å². The van der Waals surface area contributed by atoms with Crippen molar-refractivity contribution in [1.29, 1.82) is 0 Å². The van der Waals surface area contributed by atoms with Gasteiger partial charge in [0.2, 0.25) is 0 Å². The molecule has 0 atom stereocenters. The van der Waals surface area contributed by atoms with Gasteiger partial charge in [0.25, 0.3) is 0 Å². The Hall–Kier alpha value is 0.470. The van der Waals surface area contributed by atoms with E-state index < -0.39 is 0 Å². The van der Waals surface area contributed by atoms with Crippen molar-refractivity contribution in [3.8, 4) is 0 Å². The van der Waals surface area contributed by atoms with Crippen LogP contribution >= 0.6 is 21.2 Å². The molecule has 0 saturated carbocycles. The molecular formula is C5H8I. The predicted molar refractivity (Wildman–Crippen MR) is 37.3 cm³/mol. The van der Waals surface area contributed by atoms with Crippen LogP contribution in [0.3, 0.4) is 0 Å². The first-order valence-corrected chi connectivity index (χ1v) is 4.77. The SMILES string of the molecule is C=C1CCC[I]1. The van der Waals surface area contributed by atoms with Crippen LogP contribution in [0.1, 0.15) is 12.8 Å². The smallest absolute Gasteiger partial charge is 0.00468 e. The Morgan fingerprint density at radius 2 is 2.50 bits per heavy atom.